The molecule has 0 saturated carbocycles. The summed E-state index contributed by atoms with van der Waals surface area (Å²) in [5, 5.41) is 12.1. The van der Waals surface area contributed by atoms with Crippen molar-refractivity contribution < 1.29 is 9.84 Å². The van der Waals surface area contributed by atoms with Crippen LogP contribution in [0, 0.1) is 0 Å². The van der Waals surface area contributed by atoms with Crippen molar-refractivity contribution in [3.63, 3.8) is 0 Å². The van der Waals surface area contributed by atoms with E-state index in [9.17, 15) is 5.11 Å². The molecular formula is C16H16N2O2S. The Balaban J connectivity index is 1.52. The first-order valence-corrected chi connectivity index (χ1v) is 8.02. The summed E-state index contributed by atoms with van der Waals surface area (Å²) in [6.45, 7) is 0.448. The van der Waals surface area contributed by atoms with Gasteiger partial charge in [-0.2, -0.15) is 0 Å². The van der Waals surface area contributed by atoms with Gasteiger partial charge in [0.15, 0.2) is 4.96 Å². The van der Waals surface area contributed by atoms with E-state index < -0.39 is 0 Å². The Morgan fingerprint density at radius 1 is 1.43 bits per heavy atom. The molecule has 1 atom stereocenters. The zero-order chi connectivity index (χ0) is 14.2. The highest BCUT2D eigenvalue weighted by molar-refractivity contribution is 7.15. The topological polar surface area (TPSA) is 46.8 Å². The van der Waals surface area contributed by atoms with E-state index in [4.69, 9.17) is 4.74 Å². The van der Waals surface area contributed by atoms with Gasteiger partial charge < -0.3 is 9.84 Å². The predicted octanol–water partition coefficient (Wildman–Crippen LogP) is 3.34. The minimum atomic E-state index is -0.352. The second kappa shape index (κ2) is 5.16. The van der Waals surface area contributed by atoms with Crippen molar-refractivity contribution in [1.82, 2.24) is 9.38 Å². The van der Waals surface area contributed by atoms with E-state index in [2.05, 4.69) is 11.1 Å². The fourth-order valence-electron chi connectivity index (χ4n) is 2.84. The number of aliphatic hydroxyl groups excluding tert-OH is 1. The molecule has 5 heteroatoms. The number of nitrogens with zero attached hydrogens (tertiary/aromatic N) is 2. The fourth-order valence-corrected chi connectivity index (χ4v) is 3.56. The quantitative estimate of drug-likeness (QED) is 0.807. The number of rotatable bonds is 3. The maximum Gasteiger partial charge on any atom is 0.193 e. The van der Waals surface area contributed by atoms with Gasteiger partial charge in [0.2, 0.25) is 0 Å². The predicted molar refractivity (Wildman–Crippen MR) is 81.7 cm³/mol. The number of hydrogen-bond donors (Lipinski definition) is 1. The van der Waals surface area contributed by atoms with Crippen LogP contribution in [0.3, 0.4) is 0 Å². The zero-order valence-electron chi connectivity index (χ0n) is 11.5. The minimum Gasteiger partial charge on any atom is -0.487 e. The van der Waals surface area contributed by atoms with Gasteiger partial charge in [0.25, 0.3) is 0 Å². The highest BCUT2D eigenvalue weighted by atomic mass is 32.1. The molecule has 0 fully saturated rings. The van der Waals surface area contributed by atoms with Crippen molar-refractivity contribution in [3.05, 3.63) is 52.8 Å². The Hall–Kier alpha value is -1.85. The summed E-state index contributed by atoms with van der Waals surface area (Å²) in [5.41, 5.74) is 3.17. The van der Waals surface area contributed by atoms with Gasteiger partial charge >= 0.3 is 0 Å². The van der Waals surface area contributed by atoms with E-state index in [1.807, 2.05) is 34.3 Å². The Labute approximate surface area is 126 Å². The summed E-state index contributed by atoms with van der Waals surface area (Å²) < 4.78 is 7.82. The van der Waals surface area contributed by atoms with Gasteiger partial charge in [-0.1, -0.05) is 6.07 Å². The van der Waals surface area contributed by atoms with Gasteiger partial charge in [0.1, 0.15) is 12.4 Å². The highest BCUT2D eigenvalue weighted by Gasteiger charge is 2.18. The monoisotopic (exact) mass is 300 g/mol. The lowest BCUT2D eigenvalue weighted by atomic mass is 9.89. The third-order valence-corrected chi connectivity index (χ3v) is 4.70. The van der Waals surface area contributed by atoms with Crippen molar-refractivity contribution in [2.45, 2.75) is 32.0 Å². The lowest BCUT2D eigenvalue weighted by Crippen LogP contribution is -2.09. The summed E-state index contributed by atoms with van der Waals surface area (Å²) in [7, 11) is 0. The van der Waals surface area contributed by atoms with Crippen molar-refractivity contribution in [3.8, 4) is 5.75 Å². The Morgan fingerprint density at radius 2 is 2.38 bits per heavy atom. The second-order valence-electron chi connectivity index (χ2n) is 5.38. The number of benzene rings is 1. The first-order chi connectivity index (χ1) is 10.3. The van der Waals surface area contributed by atoms with Crippen LogP contribution < -0.4 is 4.74 Å². The average Bonchev–Trinajstić information content (AvgIpc) is 3.07. The molecule has 1 aromatic carbocycles. The molecule has 0 bridgehead atoms. The molecule has 1 aliphatic rings. The molecule has 4 nitrogen and oxygen atoms in total. The van der Waals surface area contributed by atoms with E-state index in [0.717, 1.165) is 41.2 Å². The molecule has 0 amide bonds. The van der Waals surface area contributed by atoms with Crippen LogP contribution in [0.2, 0.25) is 0 Å². The molecule has 2 heterocycles. The molecule has 1 N–H and O–H groups in total. The maximum absolute atomic E-state index is 10.1. The molecule has 21 heavy (non-hydrogen) atoms. The molecule has 0 radical (unpaired) electrons. The third-order valence-electron chi connectivity index (χ3n) is 3.93. The molecule has 0 aliphatic heterocycles. The van der Waals surface area contributed by atoms with E-state index >= 15 is 0 Å². The van der Waals surface area contributed by atoms with Crippen molar-refractivity contribution in [2.75, 3.05) is 0 Å². The van der Waals surface area contributed by atoms with Crippen LogP contribution in [0.5, 0.6) is 5.75 Å². The third kappa shape index (κ3) is 2.43. The Bertz CT molecular complexity index is 749. The van der Waals surface area contributed by atoms with Gasteiger partial charge in [0.05, 0.1) is 11.8 Å². The maximum atomic E-state index is 10.1. The lowest BCUT2D eigenvalue weighted by Gasteiger charge is -2.21. The minimum absolute atomic E-state index is 0.352. The highest BCUT2D eigenvalue weighted by Crippen LogP contribution is 2.32. The number of fused-ring (bicyclic) bond motifs is 2. The van der Waals surface area contributed by atoms with Gasteiger partial charge in [-0.25, -0.2) is 4.98 Å². The second-order valence-corrected chi connectivity index (χ2v) is 6.26. The molecule has 0 saturated heterocycles. The first-order valence-electron chi connectivity index (χ1n) is 7.14. The van der Waals surface area contributed by atoms with Gasteiger partial charge in [-0.15, -0.1) is 11.3 Å². The number of hydrogen-bond acceptors (Lipinski definition) is 4. The number of aryl methyl sites for hydroxylation is 1. The summed E-state index contributed by atoms with van der Waals surface area (Å²) in [5.74, 6) is 0.797. The van der Waals surface area contributed by atoms with Crippen LogP contribution in [0.4, 0.5) is 0 Å². The van der Waals surface area contributed by atoms with Crippen molar-refractivity contribution >= 4 is 16.3 Å². The normalized spacial score (nSPS) is 17.9. The number of thiazole rings is 1. The molecule has 1 unspecified atom stereocenters. The molecule has 3 aromatic rings. The Kier molecular flexibility index (Phi) is 3.16. The number of aliphatic hydroxyl groups is 1. The molecule has 2 aromatic heterocycles. The first kappa shape index (κ1) is 12.9. The SMILES string of the molecule is OC1CCCc2ccc(OCc3cn4ccsc4n3)cc21. The summed E-state index contributed by atoms with van der Waals surface area (Å²) >= 11 is 1.61. The van der Waals surface area contributed by atoms with E-state index in [0.29, 0.717) is 6.61 Å². The fraction of sp³-hybridized carbons (Fsp3) is 0.312. The standard InChI is InChI=1S/C16H16N2O2S/c19-15-3-1-2-11-4-5-13(8-14(11)15)20-10-12-9-18-6-7-21-16(18)17-12/h4-9,15,19H,1-3,10H2. The number of imidazole rings is 1. The molecular weight excluding hydrogens is 284 g/mol. The molecule has 0 spiro atoms. The van der Waals surface area contributed by atoms with Gasteiger partial charge in [-0.05, 0) is 42.5 Å². The average molecular weight is 300 g/mol. The van der Waals surface area contributed by atoms with Crippen LogP contribution in [0.25, 0.3) is 4.96 Å². The largest absolute Gasteiger partial charge is 0.487 e. The van der Waals surface area contributed by atoms with Crippen LogP contribution >= 0.6 is 11.3 Å². The van der Waals surface area contributed by atoms with E-state index in [1.54, 1.807) is 11.3 Å². The van der Waals surface area contributed by atoms with E-state index in [-0.39, 0.29) is 6.10 Å². The number of aromatic nitrogens is 2. The molecule has 1 aliphatic carbocycles. The van der Waals surface area contributed by atoms with Crippen LogP contribution in [-0.4, -0.2) is 14.5 Å². The Morgan fingerprint density at radius 3 is 3.29 bits per heavy atom. The summed E-state index contributed by atoms with van der Waals surface area (Å²) in [6, 6.07) is 6.02. The summed E-state index contributed by atoms with van der Waals surface area (Å²) in [4.78, 5) is 5.48. The smallest absolute Gasteiger partial charge is 0.193 e. The van der Waals surface area contributed by atoms with Gasteiger partial charge in [0, 0.05) is 17.8 Å². The lowest BCUT2D eigenvalue weighted by molar-refractivity contribution is 0.156. The van der Waals surface area contributed by atoms with Crippen LogP contribution in [0.15, 0.2) is 36.0 Å². The van der Waals surface area contributed by atoms with E-state index in [1.165, 1.54) is 5.56 Å². The van der Waals surface area contributed by atoms with Crippen LogP contribution in [-0.2, 0) is 13.0 Å². The molecule has 108 valence electrons. The number of ether oxygens (including phenoxy) is 1. The molecule has 4 rings (SSSR count). The van der Waals surface area contributed by atoms with Crippen molar-refractivity contribution in [2.24, 2.45) is 0 Å². The zero-order valence-corrected chi connectivity index (χ0v) is 12.3. The van der Waals surface area contributed by atoms with Gasteiger partial charge in [-0.3, -0.25) is 4.40 Å². The van der Waals surface area contributed by atoms with Crippen LogP contribution in [0.1, 0.15) is 35.8 Å². The van der Waals surface area contributed by atoms with Crippen molar-refractivity contribution in [1.29, 1.82) is 0 Å². The summed E-state index contributed by atoms with van der Waals surface area (Å²) in [6.07, 6.45) is 6.57.